The molecule has 2 atom stereocenters. The lowest BCUT2D eigenvalue weighted by atomic mass is 9.82. The predicted octanol–water partition coefficient (Wildman–Crippen LogP) is 3.23. The molecule has 1 rings (SSSR count). The summed E-state index contributed by atoms with van der Waals surface area (Å²) in [7, 11) is 1.83. The van der Waals surface area contributed by atoms with Crippen molar-refractivity contribution < 1.29 is 9.90 Å². The molecule has 0 heterocycles. The molecule has 1 aromatic rings. The van der Waals surface area contributed by atoms with Gasteiger partial charge in [-0.1, -0.05) is 26.0 Å². The van der Waals surface area contributed by atoms with Gasteiger partial charge < -0.3 is 10.4 Å². The smallest absolute Gasteiger partial charge is 0.308 e. The maximum absolute atomic E-state index is 11.5. The molecule has 1 aromatic carbocycles. The fourth-order valence-corrected chi connectivity index (χ4v) is 2.66. The molecule has 0 bridgehead atoms. The van der Waals surface area contributed by atoms with Gasteiger partial charge in [0, 0.05) is 6.04 Å². The quantitative estimate of drug-likeness (QED) is 0.857. The van der Waals surface area contributed by atoms with Crippen LogP contribution in [0.25, 0.3) is 0 Å². The van der Waals surface area contributed by atoms with E-state index in [-0.39, 0.29) is 12.0 Å². The number of benzene rings is 1. The van der Waals surface area contributed by atoms with Gasteiger partial charge in [-0.3, -0.25) is 4.79 Å². The van der Waals surface area contributed by atoms with E-state index in [1.807, 2.05) is 20.9 Å². The van der Waals surface area contributed by atoms with Crippen LogP contribution in [-0.4, -0.2) is 18.1 Å². The molecule has 0 fully saturated rings. The Morgan fingerprint density at radius 3 is 2.16 bits per heavy atom. The molecule has 0 amide bonds. The van der Waals surface area contributed by atoms with Gasteiger partial charge in [0.25, 0.3) is 0 Å². The molecular formula is C16H25NO2. The summed E-state index contributed by atoms with van der Waals surface area (Å²) in [6, 6.07) is 3.97. The zero-order chi connectivity index (χ0) is 14.7. The second-order valence-corrected chi connectivity index (χ2v) is 5.60. The highest BCUT2D eigenvalue weighted by molar-refractivity contribution is 5.72. The standard InChI is InChI=1S/C16H25NO2/c1-9(2)14(16(18)19)15(17-6)13-8-7-10(3)11(4)12(13)5/h7-9,14-15,17H,1-6H3,(H,18,19). The number of hydrogen-bond donors (Lipinski definition) is 2. The highest BCUT2D eigenvalue weighted by Crippen LogP contribution is 2.32. The summed E-state index contributed by atoms with van der Waals surface area (Å²) in [4.78, 5) is 11.5. The van der Waals surface area contributed by atoms with Crippen LogP contribution in [0.3, 0.4) is 0 Å². The van der Waals surface area contributed by atoms with Crippen molar-refractivity contribution in [1.29, 1.82) is 0 Å². The first kappa shape index (κ1) is 15.7. The highest BCUT2D eigenvalue weighted by atomic mass is 16.4. The lowest BCUT2D eigenvalue weighted by Gasteiger charge is -2.29. The van der Waals surface area contributed by atoms with Gasteiger partial charge >= 0.3 is 5.97 Å². The van der Waals surface area contributed by atoms with E-state index in [1.165, 1.54) is 16.7 Å². The Bertz CT molecular complexity index is 466. The van der Waals surface area contributed by atoms with Gasteiger partial charge in [0.05, 0.1) is 5.92 Å². The number of aryl methyl sites for hydroxylation is 1. The van der Waals surface area contributed by atoms with Crippen molar-refractivity contribution in [3.05, 3.63) is 34.4 Å². The minimum atomic E-state index is -0.744. The molecule has 0 aliphatic rings. The third kappa shape index (κ3) is 3.16. The van der Waals surface area contributed by atoms with Crippen molar-refractivity contribution in [3.63, 3.8) is 0 Å². The summed E-state index contributed by atoms with van der Waals surface area (Å²) in [5.74, 6) is -1.09. The number of aliphatic carboxylic acids is 1. The highest BCUT2D eigenvalue weighted by Gasteiger charge is 2.32. The Hall–Kier alpha value is -1.35. The molecule has 3 nitrogen and oxygen atoms in total. The molecule has 0 radical (unpaired) electrons. The monoisotopic (exact) mass is 263 g/mol. The molecule has 0 aliphatic carbocycles. The normalized spacial score (nSPS) is 14.5. The zero-order valence-corrected chi connectivity index (χ0v) is 12.7. The molecule has 0 saturated carbocycles. The van der Waals surface area contributed by atoms with Crippen LogP contribution in [0.15, 0.2) is 12.1 Å². The average Bonchev–Trinajstić information content (AvgIpc) is 2.33. The van der Waals surface area contributed by atoms with Gasteiger partial charge in [-0.2, -0.15) is 0 Å². The molecule has 0 aliphatic heterocycles. The predicted molar refractivity (Wildman–Crippen MR) is 78.4 cm³/mol. The van der Waals surface area contributed by atoms with Gasteiger partial charge in [0.2, 0.25) is 0 Å². The third-order valence-corrected chi connectivity index (χ3v) is 4.11. The maximum atomic E-state index is 11.5. The van der Waals surface area contributed by atoms with Crippen LogP contribution in [0, 0.1) is 32.6 Å². The van der Waals surface area contributed by atoms with Crippen LogP contribution in [0.4, 0.5) is 0 Å². The number of rotatable bonds is 5. The van der Waals surface area contributed by atoms with Crippen LogP contribution in [0.5, 0.6) is 0 Å². The largest absolute Gasteiger partial charge is 0.481 e. The fourth-order valence-electron chi connectivity index (χ4n) is 2.66. The van der Waals surface area contributed by atoms with Gasteiger partial charge in [-0.15, -0.1) is 0 Å². The summed E-state index contributed by atoms with van der Waals surface area (Å²) in [5, 5.41) is 12.7. The number of carboxylic acid groups (broad SMARTS) is 1. The molecule has 2 unspecified atom stereocenters. The van der Waals surface area contributed by atoms with Crippen molar-refractivity contribution in [2.75, 3.05) is 7.05 Å². The first-order valence-corrected chi connectivity index (χ1v) is 6.78. The van der Waals surface area contributed by atoms with Crippen LogP contribution in [0.1, 0.15) is 42.1 Å². The second kappa shape index (κ2) is 6.20. The Morgan fingerprint density at radius 2 is 1.74 bits per heavy atom. The van der Waals surface area contributed by atoms with Gasteiger partial charge in [0.15, 0.2) is 0 Å². The van der Waals surface area contributed by atoms with Crippen molar-refractivity contribution >= 4 is 5.97 Å². The first-order valence-electron chi connectivity index (χ1n) is 6.78. The van der Waals surface area contributed by atoms with Gasteiger partial charge in [0.1, 0.15) is 0 Å². The second-order valence-electron chi connectivity index (χ2n) is 5.60. The summed E-state index contributed by atoms with van der Waals surface area (Å²) in [6.45, 7) is 10.2. The van der Waals surface area contributed by atoms with Crippen molar-refractivity contribution in [2.45, 2.75) is 40.7 Å². The number of carboxylic acids is 1. The summed E-state index contributed by atoms with van der Waals surface area (Å²) >= 11 is 0. The molecule has 2 N–H and O–H groups in total. The lowest BCUT2D eigenvalue weighted by molar-refractivity contribution is -0.144. The van der Waals surface area contributed by atoms with Gasteiger partial charge in [-0.05, 0) is 56.0 Å². The van der Waals surface area contributed by atoms with E-state index in [1.54, 1.807) is 0 Å². The molecule has 106 valence electrons. The lowest BCUT2D eigenvalue weighted by Crippen LogP contribution is -2.34. The third-order valence-electron chi connectivity index (χ3n) is 4.11. The van der Waals surface area contributed by atoms with E-state index in [9.17, 15) is 9.90 Å². The fraction of sp³-hybridized carbons (Fsp3) is 0.562. The Kier molecular flexibility index (Phi) is 5.12. The first-order chi connectivity index (χ1) is 8.81. The Balaban J connectivity index is 3.31. The van der Waals surface area contributed by atoms with E-state index in [4.69, 9.17) is 0 Å². The van der Waals surface area contributed by atoms with E-state index >= 15 is 0 Å². The van der Waals surface area contributed by atoms with Crippen molar-refractivity contribution in [2.24, 2.45) is 11.8 Å². The van der Waals surface area contributed by atoms with E-state index in [0.29, 0.717) is 0 Å². The molecule has 0 aromatic heterocycles. The molecule has 0 saturated heterocycles. The van der Waals surface area contributed by atoms with E-state index in [2.05, 4.69) is 38.2 Å². The van der Waals surface area contributed by atoms with Gasteiger partial charge in [-0.25, -0.2) is 0 Å². The minimum Gasteiger partial charge on any atom is -0.481 e. The molecule has 19 heavy (non-hydrogen) atoms. The van der Waals surface area contributed by atoms with Crippen LogP contribution >= 0.6 is 0 Å². The Labute approximate surface area is 116 Å². The van der Waals surface area contributed by atoms with E-state index in [0.717, 1.165) is 5.56 Å². The zero-order valence-electron chi connectivity index (χ0n) is 12.7. The summed E-state index contributed by atoms with van der Waals surface area (Å²) in [5.41, 5.74) is 4.76. The van der Waals surface area contributed by atoms with E-state index < -0.39 is 11.9 Å². The molecule has 0 spiro atoms. The minimum absolute atomic E-state index is 0.0796. The number of hydrogen-bond acceptors (Lipinski definition) is 2. The van der Waals surface area contributed by atoms with Crippen molar-refractivity contribution in [3.8, 4) is 0 Å². The topological polar surface area (TPSA) is 49.3 Å². The van der Waals surface area contributed by atoms with Crippen LogP contribution < -0.4 is 5.32 Å². The average molecular weight is 263 g/mol. The number of carbonyl (C=O) groups is 1. The number of nitrogens with one attached hydrogen (secondary N) is 1. The molecule has 3 heteroatoms. The SMILES string of the molecule is CNC(c1ccc(C)c(C)c1C)C(C(=O)O)C(C)C. The summed E-state index contributed by atoms with van der Waals surface area (Å²) < 4.78 is 0. The Morgan fingerprint density at radius 1 is 1.16 bits per heavy atom. The van der Waals surface area contributed by atoms with Crippen LogP contribution in [-0.2, 0) is 4.79 Å². The molecular weight excluding hydrogens is 238 g/mol. The summed E-state index contributed by atoms with van der Waals surface area (Å²) in [6.07, 6.45) is 0. The van der Waals surface area contributed by atoms with Crippen LogP contribution in [0.2, 0.25) is 0 Å². The van der Waals surface area contributed by atoms with Crippen molar-refractivity contribution in [1.82, 2.24) is 5.32 Å². The maximum Gasteiger partial charge on any atom is 0.308 e.